The molecule has 324 valence electrons. The number of fused-ring (bicyclic) bond motifs is 1. The van der Waals surface area contributed by atoms with E-state index in [4.69, 9.17) is 0 Å². The Bertz CT molecular complexity index is 1920. The van der Waals surface area contributed by atoms with Crippen LogP contribution in [0.15, 0.2) is 54.3 Å². The summed E-state index contributed by atoms with van der Waals surface area (Å²) < 4.78 is 2.05. The van der Waals surface area contributed by atoms with Crippen LogP contribution in [-0.2, 0) is 46.0 Å². The molecule has 1 aliphatic rings. The van der Waals surface area contributed by atoms with Gasteiger partial charge in [-0.3, -0.25) is 33.7 Å². The largest absolute Gasteiger partial charge is 0.480 e. The molecule has 0 aliphatic carbocycles. The lowest BCUT2D eigenvalue weighted by molar-refractivity contribution is -0.142. The number of carbonyl (C=O) groups excluding carboxylic acids is 6. The van der Waals surface area contributed by atoms with Crippen LogP contribution in [0.3, 0.4) is 0 Å². The van der Waals surface area contributed by atoms with Gasteiger partial charge in [0.05, 0.1) is 12.1 Å². The number of carbonyl (C=O) groups is 7. The average molecular weight is 820 g/mol. The highest BCUT2D eigenvalue weighted by Gasteiger charge is 2.42. The smallest absolute Gasteiger partial charge is 0.326 e. The van der Waals surface area contributed by atoms with Crippen LogP contribution in [0.5, 0.6) is 0 Å². The van der Waals surface area contributed by atoms with E-state index in [1.165, 1.54) is 0 Å². The highest BCUT2D eigenvalue weighted by Crippen LogP contribution is 2.35. The highest BCUT2D eigenvalue weighted by molar-refractivity contribution is 6.12. The molecule has 3 rings (SSSR count). The van der Waals surface area contributed by atoms with Gasteiger partial charge in [0.25, 0.3) is 11.8 Å². The van der Waals surface area contributed by atoms with Gasteiger partial charge in [-0.15, -0.1) is 0 Å². The Kier molecular flexibility index (Phi) is 16.8. The normalized spacial score (nSPS) is 15.6. The number of aromatic nitrogens is 1. The summed E-state index contributed by atoms with van der Waals surface area (Å²) in [5, 5.41) is 22.3. The number of imide groups is 1. The molecule has 1 aliphatic heterocycles. The summed E-state index contributed by atoms with van der Waals surface area (Å²) in [5.74, 6) is -3.58. The fraction of sp³-hybridized carbons (Fsp3) is 0.568. The minimum absolute atomic E-state index is 0.0477. The van der Waals surface area contributed by atoms with E-state index in [-0.39, 0.29) is 56.0 Å². The van der Waals surface area contributed by atoms with Gasteiger partial charge in [-0.05, 0) is 62.6 Å². The fourth-order valence-corrected chi connectivity index (χ4v) is 7.53. The first-order valence-electron chi connectivity index (χ1n) is 20.3. The molecule has 1 unspecified atom stereocenters. The molecule has 0 saturated heterocycles. The van der Waals surface area contributed by atoms with Crippen LogP contribution in [0.25, 0.3) is 10.9 Å². The molecule has 2 aromatic rings. The number of unbranched alkanes of at least 4 members (excludes halogenated alkanes) is 1. The van der Waals surface area contributed by atoms with E-state index >= 15 is 0 Å². The fourth-order valence-electron chi connectivity index (χ4n) is 7.53. The van der Waals surface area contributed by atoms with Crippen molar-refractivity contribution in [3.8, 4) is 0 Å². The number of benzene rings is 1. The summed E-state index contributed by atoms with van der Waals surface area (Å²) in [4.78, 5) is 91.8. The third kappa shape index (κ3) is 12.4. The summed E-state index contributed by atoms with van der Waals surface area (Å²) >= 11 is 0. The average Bonchev–Trinajstić information content (AvgIpc) is 3.68. The lowest BCUT2D eigenvalue weighted by atomic mass is 9.76. The van der Waals surface area contributed by atoms with Crippen LogP contribution >= 0.6 is 0 Å². The molecule has 1 aromatic carbocycles. The number of carboxylic acids is 1. The number of rotatable bonds is 21. The van der Waals surface area contributed by atoms with Crippen LogP contribution in [0.4, 0.5) is 0 Å². The molecule has 6 amide bonds. The Labute approximate surface area is 348 Å². The van der Waals surface area contributed by atoms with Crippen molar-refractivity contribution in [2.45, 2.75) is 117 Å². The van der Waals surface area contributed by atoms with Crippen LogP contribution in [0, 0.1) is 11.3 Å². The lowest BCUT2D eigenvalue weighted by Gasteiger charge is -2.39. The van der Waals surface area contributed by atoms with Gasteiger partial charge >= 0.3 is 5.97 Å². The van der Waals surface area contributed by atoms with Gasteiger partial charge in [-0.25, -0.2) is 4.79 Å². The van der Waals surface area contributed by atoms with Crippen molar-refractivity contribution in [2.75, 3.05) is 27.2 Å². The van der Waals surface area contributed by atoms with E-state index in [2.05, 4.69) is 21.3 Å². The van der Waals surface area contributed by atoms with E-state index in [1.807, 2.05) is 90.5 Å². The van der Waals surface area contributed by atoms with Gasteiger partial charge in [-0.1, -0.05) is 72.7 Å². The first-order valence-corrected chi connectivity index (χ1v) is 20.3. The van der Waals surface area contributed by atoms with E-state index in [9.17, 15) is 38.7 Å². The summed E-state index contributed by atoms with van der Waals surface area (Å²) in [6, 6.07) is 4.89. The predicted molar refractivity (Wildman–Crippen MR) is 227 cm³/mol. The van der Waals surface area contributed by atoms with Crippen molar-refractivity contribution >= 4 is 52.3 Å². The zero-order chi connectivity index (χ0) is 44.4. The second kappa shape index (κ2) is 20.6. The second-order valence-corrected chi connectivity index (χ2v) is 17.4. The van der Waals surface area contributed by atoms with Crippen molar-refractivity contribution < 1.29 is 38.7 Å². The maximum Gasteiger partial charge on any atom is 0.326 e. The minimum Gasteiger partial charge on any atom is -0.480 e. The second-order valence-electron chi connectivity index (χ2n) is 17.4. The number of nitrogens with one attached hydrogen (secondary N) is 4. The first-order chi connectivity index (χ1) is 27.5. The summed E-state index contributed by atoms with van der Waals surface area (Å²) in [5.41, 5.74) is 1.15. The molecule has 59 heavy (non-hydrogen) atoms. The standard InChI is InChI=1S/C44H65N7O8/c1-27(2)33(25-28(3)39(55)46-23-15-14-18-31(42(58)59)47-34(52)20-16-24-51-35(53)21-22-36(51)54)50(11)41(57)38(43(4,5)6)48-40(56)37(45-9)44(7,8)30-26-49(10)32-19-13-12-17-29(30)32/h12-13,17,19,21-22,25-27,31,33,37-38,45H,14-16,18,20,23-24H2,1-11H3,(H,46,55)(H,47,52)(H,48,56)(H,58,59)/b28-25+/t31-,33+,37+,38?/m0/s1. The number of aryl methyl sites for hydroxylation is 1. The number of amides is 6. The molecule has 0 radical (unpaired) electrons. The molecule has 0 bridgehead atoms. The van der Waals surface area contributed by atoms with Crippen molar-refractivity contribution in [1.82, 2.24) is 35.6 Å². The first kappa shape index (κ1) is 48.1. The van der Waals surface area contributed by atoms with E-state index in [0.717, 1.165) is 33.5 Å². The zero-order valence-corrected chi connectivity index (χ0v) is 36.6. The SMILES string of the molecule is CN[C@H](C(=O)NC(C(=O)N(C)[C@H](/C=C(\C)C(=O)NCCCC[C@H](NC(=O)CCCN1C(=O)C=CC1=O)C(=O)O)C(C)C)C(C)(C)C)C(C)(C)c1cn(C)c2ccccc12. The van der Waals surface area contributed by atoms with Crippen LogP contribution in [-0.4, -0.2) is 112 Å². The number of hydrogen-bond acceptors (Lipinski definition) is 8. The number of likely N-dealkylation sites (N-methyl/N-ethyl adjacent to an activating group) is 2. The Morgan fingerprint density at radius 2 is 1.54 bits per heavy atom. The molecule has 5 N–H and O–H groups in total. The summed E-state index contributed by atoms with van der Waals surface area (Å²) in [6.45, 7) is 15.7. The minimum atomic E-state index is -1.19. The number of carboxylic acid groups (broad SMARTS) is 1. The predicted octanol–water partition coefficient (Wildman–Crippen LogP) is 3.57. The van der Waals surface area contributed by atoms with E-state index in [1.54, 1.807) is 32.0 Å². The molecule has 15 nitrogen and oxygen atoms in total. The van der Waals surface area contributed by atoms with Crippen molar-refractivity contribution in [1.29, 1.82) is 0 Å². The van der Waals surface area contributed by atoms with Gasteiger partial charge in [-0.2, -0.15) is 0 Å². The Balaban J connectivity index is 1.59. The molecule has 4 atom stereocenters. The summed E-state index contributed by atoms with van der Waals surface area (Å²) in [7, 11) is 5.40. The van der Waals surface area contributed by atoms with Crippen molar-refractivity contribution in [2.24, 2.45) is 18.4 Å². The maximum absolute atomic E-state index is 14.3. The van der Waals surface area contributed by atoms with Crippen LogP contribution in [0.2, 0.25) is 0 Å². The van der Waals surface area contributed by atoms with Gasteiger partial charge in [0.1, 0.15) is 12.1 Å². The zero-order valence-electron chi connectivity index (χ0n) is 36.6. The monoisotopic (exact) mass is 819 g/mol. The quantitative estimate of drug-likeness (QED) is 0.0710. The van der Waals surface area contributed by atoms with Crippen molar-refractivity contribution in [3.05, 3.63) is 59.8 Å². The Hall–Kier alpha value is -5.31. The number of para-hydroxylation sites is 1. The maximum atomic E-state index is 14.3. The lowest BCUT2D eigenvalue weighted by Crippen LogP contribution is -2.61. The van der Waals surface area contributed by atoms with E-state index < -0.39 is 58.7 Å². The van der Waals surface area contributed by atoms with Gasteiger partial charge in [0.15, 0.2) is 0 Å². The Morgan fingerprint density at radius 1 is 0.915 bits per heavy atom. The molecular formula is C44H65N7O8. The van der Waals surface area contributed by atoms with Crippen LogP contribution in [0.1, 0.15) is 93.1 Å². The summed E-state index contributed by atoms with van der Waals surface area (Å²) in [6.07, 6.45) is 7.28. The van der Waals surface area contributed by atoms with E-state index in [0.29, 0.717) is 18.4 Å². The molecule has 0 saturated carbocycles. The Morgan fingerprint density at radius 3 is 2.12 bits per heavy atom. The molecule has 0 fully saturated rings. The number of aliphatic carboxylic acids is 1. The van der Waals surface area contributed by atoms with Gasteiger partial charge in [0.2, 0.25) is 23.6 Å². The van der Waals surface area contributed by atoms with Gasteiger partial charge in [0, 0.05) is 73.8 Å². The van der Waals surface area contributed by atoms with Gasteiger partial charge < -0.3 is 35.8 Å². The molecule has 0 spiro atoms. The van der Waals surface area contributed by atoms with Crippen molar-refractivity contribution in [3.63, 3.8) is 0 Å². The highest BCUT2D eigenvalue weighted by atomic mass is 16.4. The topological polar surface area (TPSA) is 199 Å². The third-order valence-corrected chi connectivity index (χ3v) is 11.0. The number of nitrogens with zero attached hydrogens (tertiary/aromatic N) is 3. The molecule has 2 heterocycles. The molecule has 1 aromatic heterocycles. The molecular weight excluding hydrogens is 755 g/mol. The van der Waals surface area contributed by atoms with Crippen LogP contribution < -0.4 is 21.3 Å². The number of hydrogen-bond donors (Lipinski definition) is 5. The molecule has 15 heteroatoms. The third-order valence-electron chi connectivity index (χ3n) is 11.0.